The van der Waals surface area contributed by atoms with E-state index in [2.05, 4.69) is 10.6 Å². The van der Waals surface area contributed by atoms with Gasteiger partial charge in [-0.25, -0.2) is 4.79 Å². The maximum absolute atomic E-state index is 11.8. The van der Waals surface area contributed by atoms with Crippen molar-refractivity contribution in [1.29, 1.82) is 0 Å². The molecule has 0 atom stereocenters. The zero-order valence-corrected chi connectivity index (χ0v) is 11.3. The SMILES string of the molecule is CC(C)NC(=O)CNC(=O)N1CCC(C(=O)O)CC1. The van der Waals surface area contributed by atoms with Crippen LogP contribution in [0.2, 0.25) is 0 Å². The van der Waals surface area contributed by atoms with Crippen LogP contribution in [0, 0.1) is 5.92 Å². The van der Waals surface area contributed by atoms with Gasteiger partial charge in [0.2, 0.25) is 5.91 Å². The third-order valence-electron chi connectivity index (χ3n) is 2.98. The third-order valence-corrected chi connectivity index (χ3v) is 2.98. The molecule has 7 nitrogen and oxygen atoms in total. The minimum absolute atomic E-state index is 0.0377. The number of carbonyl (C=O) groups excluding carboxylic acids is 2. The Hall–Kier alpha value is -1.79. The molecule has 1 saturated heterocycles. The molecule has 108 valence electrons. The molecular weight excluding hydrogens is 250 g/mol. The predicted molar refractivity (Wildman–Crippen MR) is 68.6 cm³/mol. The Balaban J connectivity index is 2.28. The number of carbonyl (C=O) groups is 3. The van der Waals surface area contributed by atoms with Crippen molar-refractivity contribution in [2.75, 3.05) is 19.6 Å². The quantitative estimate of drug-likeness (QED) is 0.671. The molecule has 0 unspecified atom stereocenters. The molecule has 0 aromatic rings. The lowest BCUT2D eigenvalue weighted by Gasteiger charge is -2.30. The zero-order chi connectivity index (χ0) is 14.4. The van der Waals surface area contributed by atoms with Gasteiger partial charge in [-0.15, -0.1) is 0 Å². The first-order chi connectivity index (χ1) is 8.90. The van der Waals surface area contributed by atoms with Crippen LogP contribution in [0.25, 0.3) is 0 Å². The van der Waals surface area contributed by atoms with Crippen molar-refractivity contribution in [3.63, 3.8) is 0 Å². The van der Waals surface area contributed by atoms with Gasteiger partial charge < -0.3 is 20.6 Å². The minimum atomic E-state index is -0.809. The van der Waals surface area contributed by atoms with Crippen molar-refractivity contribution >= 4 is 17.9 Å². The Morgan fingerprint density at radius 2 is 1.84 bits per heavy atom. The van der Waals surface area contributed by atoms with Crippen LogP contribution < -0.4 is 10.6 Å². The number of likely N-dealkylation sites (tertiary alicyclic amines) is 1. The Kier molecular flexibility index (Phi) is 5.59. The first-order valence-corrected chi connectivity index (χ1v) is 6.45. The van der Waals surface area contributed by atoms with Gasteiger partial charge in [-0.1, -0.05) is 0 Å². The molecule has 0 aliphatic carbocycles. The highest BCUT2D eigenvalue weighted by atomic mass is 16.4. The number of rotatable bonds is 4. The number of hydrogen-bond donors (Lipinski definition) is 3. The summed E-state index contributed by atoms with van der Waals surface area (Å²) < 4.78 is 0. The summed E-state index contributed by atoms with van der Waals surface area (Å²) in [4.78, 5) is 35.4. The standard InChI is InChI=1S/C12H21N3O4/c1-8(2)14-10(16)7-13-12(19)15-5-3-9(4-6-15)11(17)18/h8-9H,3-7H2,1-2H3,(H,13,19)(H,14,16)(H,17,18). The average molecular weight is 271 g/mol. The number of nitrogens with zero attached hydrogens (tertiary/aromatic N) is 1. The zero-order valence-electron chi connectivity index (χ0n) is 11.3. The molecule has 1 aliphatic rings. The van der Waals surface area contributed by atoms with Crippen molar-refractivity contribution in [3.8, 4) is 0 Å². The first kappa shape index (κ1) is 15.3. The van der Waals surface area contributed by atoms with Crippen LogP contribution in [0.3, 0.4) is 0 Å². The summed E-state index contributed by atoms with van der Waals surface area (Å²) in [6, 6.07) is -0.279. The van der Waals surface area contributed by atoms with E-state index in [-0.39, 0.29) is 30.4 Å². The summed E-state index contributed by atoms with van der Waals surface area (Å²) in [7, 11) is 0. The molecule has 1 aliphatic heterocycles. The number of urea groups is 1. The van der Waals surface area contributed by atoms with Crippen molar-refractivity contribution in [1.82, 2.24) is 15.5 Å². The van der Waals surface area contributed by atoms with Gasteiger partial charge in [-0.2, -0.15) is 0 Å². The molecule has 0 aromatic carbocycles. The monoisotopic (exact) mass is 271 g/mol. The smallest absolute Gasteiger partial charge is 0.317 e. The molecule has 0 spiro atoms. The lowest BCUT2D eigenvalue weighted by Crippen LogP contribution is -2.48. The number of amides is 3. The van der Waals surface area contributed by atoms with Crippen LogP contribution in [0.4, 0.5) is 4.79 Å². The van der Waals surface area contributed by atoms with Crippen LogP contribution >= 0.6 is 0 Å². The Bertz CT molecular complexity index is 349. The highest BCUT2D eigenvalue weighted by Crippen LogP contribution is 2.16. The summed E-state index contributed by atoms with van der Waals surface area (Å²) in [6.45, 7) is 4.45. The van der Waals surface area contributed by atoms with Gasteiger partial charge in [-0.3, -0.25) is 9.59 Å². The second kappa shape index (κ2) is 6.96. The minimum Gasteiger partial charge on any atom is -0.481 e. The average Bonchev–Trinajstić information content (AvgIpc) is 2.35. The first-order valence-electron chi connectivity index (χ1n) is 6.45. The molecule has 1 fully saturated rings. The molecule has 3 N–H and O–H groups in total. The van der Waals surface area contributed by atoms with Gasteiger partial charge in [0, 0.05) is 19.1 Å². The van der Waals surface area contributed by atoms with E-state index in [0.717, 1.165) is 0 Å². The van der Waals surface area contributed by atoms with Gasteiger partial charge in [0.1, 0.15) is 0 Å². The van der Waals surface area contributed by atoms with Crippen LogP contribution in [0.15, 0.2) is 0 Å². The lowest BCUT2D eigenvalue weighted by atomic mass is 9.97. The van der Waals surface area contributed by atoms with Crippen molar-refractivity contribution in [2.45, 2.75) is 32.7 Å². The molecule has 1 rings (SSSR count). The molecule has 0 bridgehead atoms. The highest BCUT2D eigenvalue weighted by Gasteiger charge is 2.26. The van der Waals surface area contributed by atoms with E-state index < -0.39 is 5.97 Å². The normalized spacial score (nSPS) is 16.3. The fourth-order valence-corrected chi connectivity index (χ4v) is 1.97. The van der Waals surface area contributed by atoms with Gasteiger partial charge in [0.15, 0.2) is 0 Å². The molecule has 0 radical (unpaired) electrons. The summed E-state index contributed by atoms with van der Waals surface area (Å²) in [5, 5.41) is 14.1. The van der Waals surface area contributed by atoms with Gasteiger partial charge >= 0.3 is 12.0 Å². The van der Waals surface area contributed by atoms with E-state index in [1.165, 1.54) is 0 Å². The van der Waals surface area contributed by atoms with E-state index in [1.807, 2.05) is 13.8 Å². The second-order valence-corrected chi connectivity index (χ2v) is 4.98. The highest BCUT2D eigenvalue weighted by molar-refractivity contribution is 5.84. The number of piperidine rings is 1. The second-order valence-electron chi connectivity index (χ2n) is 4.98. The summed E-state index contributed by atoms with van der Waals surface area (Å²) >= 11 is 0. The van der Waals surface area contributed by atoms with Crippen LogP contribution in [-0.4, -0.2) is 53.6 Å². The molecule has 0 saturated carbocycles. The number of carboxylic acid groups (broad SMARTS) is 1. The maximum atomic E-state index is 11.8. The summed E-state index contributed by atoms with van der Waals surface area (Å²) in [6.07, 6.45) is 0.919. The van der Waals surface area contributed by atoms with Crippen LogP contribution in [0.1, 0.15) is 26.7 Å². The van der Waals surface area contributed by atoms with Gasteiger partial charge in [-0.05, 0) is 26.7 Å². The summed E-state index contributed by atoms with van der Waals surface area (Å²) in [5.74, 6) is -1.41. The molecule has 0 aromatic heterocycles. The van der Waals surface area contributed by atoms with E-state index in [9.17, 15) is 14.4 Å². The van der Waals surface area contributed by atoms with E-state index in [0.29, 0.717) is 25.9 Å². The predicted octanol–water partition coefficient (Wildman–Crippen LogP) is 0.0172. The topological polar surface area (TPSA) is 98.7 Å². The van der Waals surface area contributed by atoms with E-state index in [4.69, 9.17) is 5.11 Å². The van der Waals surface area contributed by atoms with Crippen molar-refractivity contribution in [2.24, 2.45) is 5.92 Å². The van der Waals surface area contributed by atoms with Gasteiger partial charge in [0.25, 0.3) is 0 Å². The number of carboxylic acids is 1. The van der Waals surface area contributed by atoms with Crippen molar-refractivity contribution < 1.29 is 19.5 Å². The fourth-order valence-electron chi connectivity index (χ4n) is 1.97. The number of aliphatic carboxylic acids is 1. The molecule has 1 heterocycles. The molecule has 3 amide bonds. The third kappa shape index (κ3) is 5.15. The number of nitrogens with one attached hydrogen (secondary N) is 2. The van der Waals surface area contributed by atoms with Crippen LogP contribution in [0.5, 0.6) is 0 Å². The Morgan fingerprint density at radius 3 is 2.32 bits per heavy atom. The Labute approximate surface area is 112 Å². The van der Waals surface area contributed by atoms with Crippen LogP contribution in [-0.2, 0) is 9.59 Å². The van der Waals surface area contributed by atoms with Crippen molar-refractivity contribution in [3.05, 3.63) is 0 Å². The molecule has 7 heteroatoms. The van der Waals surface area contributed by atoms with E-state index >= 15 is 0 Å². The molecular formula is C12H21N3O4. The fraction of sp³-hybridized carbons (Fsp3) is 0.750. The molecule has 19 heavy (non-hydrogen) atoms. The Morgan fingerprint density at radius 1 is 1.26 bits per heavy atom. The lowest BCUT2D eigenvalue weighted by molar-refractivity contribution is -0.143. The number of hydrogen-bond acceptors (Lipinski definition) is 3. The van der Waals surface area contributed by atoms with E-state index in [1.54, 1.807) is 4.90 Å². The largest absolute Gasteiger partial charge is 0.481 e. The van der Waals surface area contributed by atoms with Gasteiger partial charge in [0.05, 0.1) is 12.5 Å². The summed E-state index contributed by atoms with van der Waals surface area (Å²) in [5.41, 5.74) is 0. The maximum Gasteiger partial charge on any atom is 0.317 e.